The SMILES string of the molecule is COc1ccc(OC)c(N(CCC(=O)Nc2cc(C)on2)S(C)(=O)=O)c1. The number of amides is 1. The third-order valence-electron chi connectivity index (χ3n) is 3.49. The quantitative estimate of drug-likeness (QED) is 0.740. The molecular weight excluding hydrogens is 362 g/mol. The molecule has 1 N–H and O–H groups in total. The summed E-state index contributed by atoms with van der Waals surface area (Å²) in [6.45, 7) is 1.62. The molecule has 0 atom stereocenters. The first-order valence-corrected chi connectivity index (χ1v) is 9.52. The molecule has 1 aromatic heterocycles. The van der Waals surface area contributed by atoms with Gasteiger partial charge in [0.05, 0.1) is 26.2 Å². The van der Waals surface area contributed by atoms with Crippen LogP contribution in [-0.2, 0) is 14.8 Å². The maximum atomic E-state index is 12.2. The van der Waals surface area contributed by atoms with E-state index in [0.29, 0.717) is 22.9 Å². The van der Waals surface area contributed by atoms with Crippen molar-refractivity contribution in [2.24, 2.45) is 0 Å². The van der Waals surface area contributed by atoms with Gasteiger partial charge in [0.15, 0.2) is 5.82 Å². The number of nitrogens with one attached hydrogen (secondary N) is 1. The lowest BCUT2D eigenvalue weighted by Gasteiger charge is -2.24. The van der Waals surface area contributed by atoms with E-state index in [9.17, 15) is 13.2 Å². The number of anilines is 2. The van der Waals surface area contributed by atoms with Gasteiger partial charge in [-0.1, -0.05) is 5.16 Å². The zero-order valence-corrected chi connectivity index (χ0v) is 15.8. The zero-order chi connectivity index (χ0) is 19.3. The lowest BCUT2D eigenvalue weighted by atomic mass is 10.2. The fourth-order valence-electron chi connectivity index (χ4n) is 2.29. The number of carbonyl (C=O) groups is 1. The summed E-state index contributed by atoms with van der Waals surface area (Å²) in [4.78, 5) is 12.1. The van der Waals surface area contributed by atoms with Crippen LogP contribution in [0.25, 0.3) is 0 Å². The molecule has 26 heavy (non-hydrogen) atoms. The van der Waals surface area contributed by atoms with Gasteiger partial charge in [-0.05, 0) is 19.1 Å². The first kappa shape index (κ1) is 19.6. The molecule has 0 aliphatic carbocycles. The van der Waals surface area contributed by atoms with E-state index >= 15 is 0 Å². The zero-order valence-electron chi connectivity index (χ0n) is 15.0. The molecule has 0 aliphatic heterocycles. The van der Waals surface area contributed by atoms with E-state index < -0.39 is 15.9 Å². The molecule has 142 valence electrons. The molecule has 1 amide bonds. The van der Waals surface area contributed by atoms with Crippen LogP contribution in [0.15, 0.2) is 28.8 Å². The number of nitrogens with zero attached hydrogens (tertiary/aromatic N) is 2. The largest absolute Gasteiger partial charge is 0.497 e. The van der Waals surface area contributed by atoms with Crippen molar-refractivity contribution < 1.29 is 27.2 Å². The van der Waals surface area contributed by atoms with Gasteiger partial charge in [-0.25, -0.2) is 8.42 Å². The molecule has 0 saturated carbocycles. The number of carbonyl (C=O) groups excluding carboxylic acids is 1. The molecule has 0 aliphatic rings. The van der Waals surface area contributed by atoms with Crippen LogP contribution in [0.2, 0.25) is 0 Å². The highest BCUT2D eigenvalue weighted by Gasteiger charge is 2.23. The summed E-state index contributed by atoms with van der Waals surface area (Å²) in [7, 11) is -0.744. The topological polar surface area (TPSA) is 111 Å². The molecule has 9 nitrogen and oxygen atoms in total. The summed E-state index contributed by atoms with van der Waals surface area (Å²) in [6.07, 6.45) is 0.976. The Bertz CT molecular complexity index is 878. The molecule has 10 heteroatoms. The Morgan fingerprint density at radius 1 is 1.27 bits per heavy atom. The van der Waals surface area contributed by atoms with Crippen molar-refractivity contribution in [2.45, 2.75) is 13.3 Å². The fraction of sp³-hybridized carbons (Fsp3) is 0.375. The Morgan fingerprint density at radius 3 is 2.54 bits per heavy atom. The molecule has 0 saturated heterocycles. The molecular formula is C16H21N3O6S. The number of methoxy groups -OCH3 is 2. The van der Waals surface area contributed by atoms with Gasteiger partial charge >= 0.3 is 0 Å². The Hall–Kier alpha value is -2.75. The van der Waals surface area contributed by atoms with E-state index in [1.54, 1.807) is 31.2 Å². The fourth-order valence-corrected chi connectivity index (χ4v) is 3.21. The summed E-state index contributed by atoms with van der Waals surface area (Å²) in [5.41, 5.74) is 0.291. The number of rotatable bonds is 8. The molecule has 0 spiro atoms. The number of benzene rings is 1. The van der Waals surface area contributed by atoms with Gasteiger partial charge in [-0.15, -0.1) is 0 Å². The number of ether oxygens (including phenoxy) is 2. The van der Waals surface area contributed by atoms with E-state index in [2.05, 4.69) is 10.5 Å². The minimum atomic E-state index is -3.66. The minimum absolute atomic E-state index is 0.0783. The van der Waals surface area contributed by atoms with Gasteiger partial charge in [0.2, 0.25) is 15.9 Å². The van der Waals surface area contributed by atoms with Crippen molar-refractivity contribution in [1.29, 1.82) is 0 Å². The van der Waals surface area contributed by atoms with Crippen molar-refractivity contribution >= 4 is 27.4 Å². The molecule has 0 unspecified atom stereocenters. The molecule has 1 aromatic carbocycles. The normalized spacial score (nSPS) is 11.1. The van der Waals surface area contributed by atoms with E-state index in [0.717, 1.165) is 10.6 Å². The monoisotopic (exact) mass is 383 g/mol. The predicted octanol–water partition coefficient (Wildman–Crippen LogP) is 1.80. The van der Waals surface area contributed by atoms with Crippen molar-refractivity contribution in [3.8, 4) is 11.5 Å². The third-order valence-corrected chi connectivity index (χ3v) is 4.67. The van der Waals surface area contributed by atoms with Crippen LogP contribution in [-0.4, -0.2) is 46.5 Å². The second-order valence-corrected chi connectivity index (χ2v) is 7.40. The summed E-state index contributed by atoms with van der Waals surface area (Å²) in [6, 6.07) is 6.36. The van der Waals surface area contributed by atoms with Crippen molar-refractivity contribution in [1.82, 2.24) is 5.16 Å². The molecule has 0 fully saturated rings. The Morgan fingerprint density at radius 2 is 2.00 bits per heavy atom. The summed E-state index contributed by atoms with van der Waals surface area (Å²) < 4.78 is 40.8. The third kappa shape index (κ3) is 4.88. The van der Waals surface area contributed by atoms with Crippen LogP contribution >= 0.6 is 0 Å². The maximum absolute atomic E-state index is 12.2. The first-order valence-electron chi connectivity index (χ1n) is 7.67. The van der Waals surface area contributed by atoms with E-state index in [-0.39, 0.29) is 18.8 Å². The molecule has 0 radical (unpaired) electrons. The number of hydrogen-bond acceptors (Lipinski definition) is 7. The summed E-state index contributed by atoms with van der Waals surface area (Å²) in [5, 5.41) is 6.22. The highest BCUT2D eigenvalue weighted by atomic mass is 32.2. The smallest absolute Gasteiger partial charge is 0.232 e. The highest BCUT2D eigenvalue weighted by molar-refractivity contribution is 7.92. The molecule has 2 aromatic rings. The summed E-state index contributed by atoms with van der Waals surface area (Å²) >= 11 is 0. The predicted molar refractivity (Wildman–Crippen MR) is 96.2 cm³/mol. The van der Waals surface area contributed by atoms with Crippen LogP contribution in [0.1, 0.15) is 12.2 Å². The van der Waals surface area contributed by atoms with E-state index in [1.165, 1.54) is 14.2 Å². The lowest BCUT2D eigenvalue weighted by Crippen LogP contribution is -2.33. The van der Waals surface area contributed by atoms with Gasteiger partial charge < -0.3 is 19.3 Å². The van der Waals surface area contributed by atoms with E-state index in [1.807, 2.05) is 0 Å². The Balaban J connectivity index is 2.19. The molecule has 2 rings (SSSR count). The van der Waals surface area contributed by atoms with Gasteiger partial charge in [-0.2, -0.15) is 0 Å². The summed E-state index contributed by atoms with van der Waals surface area (Å²) in [5.74, 6) is 1.26. The average Bonchev–Trinajstić information content (AvgIpc) is 2.98. The number of aromatic nitrogens is 1. The maximum Gasteiger partial charge on any atom is 0.232 e. The second kappa shape index (κ2) is 8.09. The number of hydrogen-bond donors (Lipinski definition) is 1. The van der Waals surface area contributed by atoms with Crippen molar-refractivity contribution in [3.05, 3.63) is 30.0 Å². The second-order valence-electron chi connectivity index (χ2n) is 5.49. The molecule has 0 bridgehead atoms. The van der Waals surface area contributed by atoms with Crippen LogP contribution in [0.3, 0.4) is 0 Å². The standard InChI is InChI=1S/C16H21N3O6S/c1-11-9-15(18-25-11)17-16(20)7-8-19(26(4,21)22)13-10-12(23-2)5-6-14(13)24-3/h5-6,9-10H,7-8H2,1-4H3,(H,17,18,20). The Labute approximate surface area is 151 Å². The number of aryl methyl sites for hydroxylation is 1. The van der Waals surface area contributed by atoms with Crippen molar-refractivity contribution in [2.75, 3.05) is 36.6 Å². The average molecular weight is 383 g/mol. The lowest BCUT2D eigenvalue weighted by molar-refractivity contribution is -0.116. The number of sulfonamides is 1. The van der Waals surface area contributed by atoms with Crippen LogP contribution in [0.4, 0.5) is 11.5 Å². The van der Waals surface area contributed by atoms with Gasteiger partial charge in [0, 0.05) is 25.1 Å². The first-order chi connectivity index (χ1) is 12.2. The van der Waals surface area contributed by atoms with Gasteiger partial charge in [0.1, 0.15) is 17.3 Å². The highest BCUT2D eigenvalue weighted by Crippen LogP contribution is 2.33. The Kier molecular flexibility index (Phi) is 6.09. The van der Waals surface area contributed by atoms with Crippen LogP contribution in [0, 0.1) is 6.92 Å². The van der Waals surface area contributed by atoms with Crippen LogP contribution in [0.5, 0.6) is 11.5 Å². The molecule has 1 heterocycles. The van der Waals surface area contributed by atoms with Crippen molar-refractivity contribution in [3.63, 3.8) is 0 Å². The minimum Gasteiger partial charge on any atom is -0.497 e. The van der Waals surface area contributed by atoms with E-state index in [4.69, 9.17) is 14.0 Å². The van der Waals surface area contributed by atoms with Gasteiger partial charge in [0.25, 0.3) is 0 Å². The van der Waals surface area contributed by atoms with Gasteiger partial charge in [-0.3, -0.25) is 9.10 Å². The van der Waals surface area contributed by atoms with Crippen LogP contribution < -0.4 is 19.1 Å².